The zero-order valence-electron chi connectivity index (χ0n) is 14.2. The number of hydrogen-bond acceptors (Lipinski definition) is 3. The third-order valence-electron chi connectivity index (χ3n) is 6.37. The SMILES string of the molecule is c1cncc(-c2ccc3c(c2)CC[C@H]3N2CC3(CCNCC3)C2)c1. The Hall–Kier alpha value is -1.71. The summed E-state index contributed by atoms with van der Waals surface area (Å²) < 4.78 is 0. The molecule has 3 heteroatoms. The number of likely N-dealkylation sites (tertiary alicyclic amines) is 1. The van der Waals surface area contributed by atoms with Crippen molar-refractivity contribution in [1.29, 1.82) is 0 Å². The maximum absolute atomic E-state index is 4.26. The number of hydrogen-bond donors (Lipinski definition) is 1. The van der Waals surface area contributed by atoms with Gasteiger partial charge in [0.05, 0.1) is 0 Å². The van der Waals surface area contributed by atoms with Crippen LogP contribution in [0.3, 0.4) is 0 Å². The minimum absolute atomic E-state index is 0.629. The Morgan fingerprint density at radius 2 is 1.96 bits per heavy atom. The quantitative estimate of drug-likeness (QED) is 0.919. The lowest BCUT2D eigenvalue weighted by molar-refractivity contribution is -0.0512. The maximum atomic E-state index is 4.26. The summed E-state index contributed by atoms with van der Waals surface area (Å²) in [6.07, 6.45) is 9.04. The van der Waals surface area contributed by atoms with Gasteiger partial charge >= 0.3 is 0 Å². The van der Waals surface area contributed by atoms with E-state index in [1.807, 2.05) is 18.5 Å². The Morgan fingerprint density at radius 3 is 2.75 bits per heavy atom. The highest BCUT2D eigenvalue weighted by atomic mass is 15.2. The van der Waals surface area contributed by atoms with Crippen LogP contribution < -0.4 is 5.32 Å². The predicted molar refractivity (Wildman–Crippen MR) is 96.8 cm³/mol. The van der Waals surface area contributed by atoms with Crippen LogP contribution in [-0.2, 0) is 6.42 Å². The van der Waals surface area contributed by atoms with Crippen molar-refractivity contribution < 1.29 is 0 Å². The predicted octanol–water partition coefficient (Wildman–Crippen LogP) is 3.42. The molecule has 0 amide bonds. The molecule has 5 rings (SSSR count). The van der Waals surface area contributed by atoms with Gasteiger partial charge in [0.2, 0.25) is 0 Å². The molecular weight excluding hydrogens is 294 g/mol. The molecule has 2 aromatic rings. The summed E-state index contributed by atoms with van der Waals surface area (Å²) >= 11 is 0. The average molecular weight is 319 g/mol. The molecule has 0 bridgehead atoms. The number of nitrogens with one attached hydrogen (secondary N) is 1. The second kappa shape index (κ2) is 5.68. The summed E-state index contributed by atoms with van der Waals surface area (Å²) in [5.41, 5.74) is 6.28. The number of aryl methyl sites for hydroxylation is 1. The van der Waals surface area contributed by atoms with Crippen molar-refractivity contribution in [3.05, 3.63) is 53.9 Å². The molecule has 1 N–H and O–H groups in total. The Balaban J connectivity index is 1.35. The van der Waals surface area contributed by atoms with Gasteiger partial charge in [-0.1, -0.05) is 24.3 Å². The van der Waals surface area contributed by atoms with E-state index < -0.39 is 0 Å². The number of fused-ring (bicyclic) bond motifs is 1. The van der Waals surface area contributed by atoms with Crippen LogP contribution >= 0.6 is 0 Å². The van der Waals surface area contributed by atoms with Crippen molar-refractivity contribution in [2.75, 3.05) is 26.2 Å². The van der Waals surface area contributed by atoms with Gasteiger partial charge in [0.15, 0.2) is 0 Å². The highest BCUT2D eigenvalue weighted by Gasteiger charge is 2.46. The normalized spacial score (nSPS) is 25.4. The van der Waals surface area contributed by atoms with E-state index in [1.165, 1.54) is 63.0 Å². The molecular formula is C21H25N3. The fourth-order valence-corrected chi connectivity index (χ4v) is 5.00. The van der Waals surface area contributed by atoms with Crippen LogP contribution in [0.5, 0.6) is 0 Å². The minimum Gasteiger partial charge on any atom is -0.317 e. The minimum atomic E-state index is 0.629. The van der Waals surface area contributed by atoms with Gasteiger partial charge in [-0.25, -0.2) is 0 Å². The number of benzene rings is 1. The smallest absolute Gasteiger partial charge is 0.0354 e. The molecule has 124 valence electrons. The highest BCUT2D eigenvalue weighted by molar-refractivity contribution is 5.64. The molecule has 1 aromatic carbocycles. The summed E-state index contributed by atoms with van der Waals surface area (Å²) in [7, 11) is 0. The van der Waals surface area contributed by atoms with E-state index in [2.05, 4.69) is 39.5 Å². The van der Waals surface area contributed by atoms with Gasteiger partial charge in [-0.3, -0.25) is 9.88 Å². The van der Waals surface area contributed by atoms with Crippen molar-refractivity contribution >= 4 is 0 Å². The van der Waals surface area contributed by atoms with Crippen molar-refractivity contribution in [3.63, 3.8) is 0 Å². The van der Waals surface area contributed by atoms with E-state index in [0.29, 0.717) is 11.5 Å². The third-order valence-corrected chi connectivity index (χ3v) is 6.37. The number of piperidine rings is 1. The number of nitrogens with zero attached hydrogens (tertiary/aromatic N) is 2. The molecule has 24 heavy (non-hydrogen) atoms. The van der Waals surface area contributed by atoms with Crippen molar-refractivity contribution in [3.8, 4) is 11.1 Å². The Labute approximate surface area is 144 Å². The summed E-state index contributed by atoms with van der Waals surface area (Å²) in [5.74, 6) is 0. The lowest BCUT2D eigenvalue weighted by Gasteiger charge is -2.55. The van der Waals surface area contributed by atoms with E-state index in [9.17, 15) is 0 Å². The van der Waals surface area contributed by atoms with Crippen molar-refractivity contribution in [1.82, 2.24) is 15.2 Å². The monoisotopic (exact) mass is 319 g/mol. The van der Waals surface area contributed by atoms with Gasteiger partial charge in [-0.2, -0.15) is 0 Å². The number of aromatic nitrogens is 1. The number of pyridine rings is 1. The largest absolute Gasteiger partial charge is 0.317 e. The van der Waals surface area contributed by atoms with Crippen LogP contribution in [0.2, 0.25) is 0 Å². The summed E-state index contributed by atoms with van der Waals surface area (Å²) in [6, 6.07) is 11.9. The molecule has 0 unspecified atom stereocenters. The molecule has 1 atom stereocenters. The van der Waals surface area contributed by atoms with Crippen LogP contribution in [0.15, 0.2) is 42.7 Å². The van der Waals surface area contributed by atoms with Gasteiger partial charge in [0.25, 0.3) is 0 Å². The fraction of sp³-hybridized carbons (Fsp3) is 0.476. The van der Waals surface area contributed by atoms with E-state index in [4.69, 9.17) is 0 Å². The molecule has 3 heterocycles. The molecule has 1 aromatic heterocycles. The molecule has 2 aliphatic heterocycles. The third kappa shape index (κ3) is 2.38. The first-order valence-corrected chi connectivity index (χ1v) is 9.31. The molecule has 1 aliphatic carbocycles. The molecule has 0 saturated carbocycles. The lowest BCUT2D eigenvalue weighted by atomic mass is 9.71. The zero-order chi connectivity index (χ0) is 16.0. The van der Waals surface area contributed by atoms with Gasteiger partial charge in [-0.05, 0) is 72.5 Å². The van der Waals surface area contributed by atoms with Gasteiger partial charge in [-0.15, -0.1) is 0 Å². The lowest BCUT2D eigenvalue weighted by Crippen LogP contribution is -2.60. The summed E-state index contributed by atoms with van der Waals surface area (Å²) in [4.78, 5) is 6.99. The second-order valence-corrected chi connectivity index (χ2v) is 7.86. The molecule has 3 nitrogen and oxygen atoms in total. The first-order valence-electron chi connectivity index (χ1n) is 9.31. The van der Waals surface area contributed by atoms with E-state index in [1.54, 1.807) is 11.1 Å². The molecule has 2 fully saturated rings. The molecule has 2 saturated heterocycles. The zero-order valence-corrected chi connectivity index (χ0v) is 14.2. The van der Waals surface area contributed by atoms with Crippen LogP contribution in [0.4, 0.5) is 0 Å². The molecule has 0 radical (unpaired) electrons. The van der Waals surface area contributed by atoms with Crippen LogP contribution in [0.25, 0.3) is 11.1 Å². The highest BCUT2D eigenvalue weighted by Crippen LogP contribution is 2.47. The van der Waals surface area contributed by atoms with Gasteiger partial charge in [0.1, 0.15) is 0 Å². The summed E-state index contributed by atoms with van der Waals surface area (Å²) in [6.45, 7) is 5.04. The van der Waals surface area contributed by atoms with Crippen LogP contribution in [0, 0.1) is 5.41 Å². The van der Waals surface area contributed by atoms with E-state index in [0.717, 1.165) is 0 Å². The first-order chi connectivity index (χ1) is 11.8. The standard InChI is InChI=1S/C21H25N3/c1-2-18(13-23-9-1)16-3-5-19-17(12-16)4-6-20(19)24-14-21(15-24)7-10-22-11-8-21/h1-3,5,9,12-13,20,22H,4,6-8,10-11,14-15H2/t20-/m1/s1. The Bertz CT molecular complexity index is 726. The second-order valence-electron chi connectivity index (χ2n) is 7.86. The van der Waals surface area contributed by atoms with Crippen LogP contribution in [0.1, 0.15) is 36.4 Å². The molecule has 3 aliphatic rings. The van der Waals surface area contributed by atoms with Crippen molar-refractivity contribution in [2.24, 2.45) is 5.41 Å². The van der Waals surface area contributed by atoms with Gasteiger partial charge < -0.3 is 5.32 Å². The number of rotatable bonds is 2. The van der Waals surface area contributed by atoms with E-state index >= 15 is 0 Å². The maximum Gasteiger partial charge on any atom is 0.0354 e. The van der Waals surface area contributed by atoms with Crippen LogP contribution in [-0.4, -0.2) is 36.1 Å². The summed E-state index contributed by atoms with van der Waals surface area (Å²) in [5, 5.41) is 3.51. The molecule has 1 spiro atoms. The topological polar surface area (TPSA) is 28.2 Å². The van der Waals surface area contributed by atoms with Crippen molar-refractivity contribution in [2.45, 2.75) is 31.7 Å². The van der Waals surface area contributed by atoms with Gasteiger partial charge in [0, 0.05) is 31.5 Å². The fourth-order valence-electron chi connectivity index (χ4n) is 5.00. The average Bonchev–Trinajstić information content (AvgIpc) is 3.04. The van der Waals surface area contributed by atoms with E-state index in [-0.39, 0.29) is 0 Å². The Kier molecular flexibility index (Phi) is 3.46. The first kappa shape index (κ1) is 14.6. The Morgan fingerprint density at radius 1 is 1.08 bits per heavy atom.